The van der Waals surface area contributed by atoms with Crippen LogP contribution in [0.15, 0.2) is 72.9 Å². The Morgan fingerprint density at radius 3 is 1.00 bits per heavy atom. The van der Waals surface area contributed by atoms with Crippen LogP contribution >= 0.6 is 0 Å². The summed E-state index contributed by atoms with van der Waals surface area (Å²) in [6, 6.07) is 0. The maximum absolute atomic E-state index is 13.0. The van der Waals surface area contributed by atoms with E-state index in [1.54, 1.807) is 0 Å². The highest BCUT2D eigenvalue weighted by atomic mass is 16.7. The third-order valence-corrected chi connectivity index (χ3v) is 15.9. The van der Waals surface area contributed by atoms with Gasteiger partial charge in [-0.05, 0) is 83.5 Å². The molecule has 2 atom stereocenters. The highest BCUT2D eigenvalue weighted by Gasteiger charge is 2.25. The Hall–Kier alpha value is -3.27. The van der Waals surface area contributed by atoms with Gasteiger partial charge >= 0.3 is 17.9 Å². The molecule has 0 radical (unpaired) electrons. The fourth-order valence-corrected chi connectivity index (χ4v) is 10.5. The second-order valence-electron chi connectivity index (χ2n) is 25.5. The second kappa shape index (κ2) is 66.7. The molecule has 1 N–H and O–H groups in total. The standard InChI is InChI=1S/C76H137NO8/c1-6-8-10-12-14-16-18-20-22-24-26-28-30-32-34-36-37-39-41-43-45-47-49-51-53-55-57-59-61-63-65-67-74(79)85-72(71-84-76(75(80)81)82-69-68-77(3,4)5)70-83-73(78)66-64-62-60-58-56-54-52-50-48-46-44-42-40-38-35-33-31-29-27-25-23-21-19-17-15-13-11-9-7-2/h8,10,14,16,19-22,25-28,72,76H,6-7,9,11-13,15,17-18,23-24,29-71H2,1-5H3/p+1/b10-8-,16-14-,21-19-,22-20-,27-25-,28-26-. The van der Waals surface area contributed by atoms with Crippen molar-refractivity contribution in [1.29, 1.82) is 0 Å². The van der Waals surface area contributed by atoms with E-state index in [9.17, 15) is 19.5 Å². The number of esters is 2. The fraction of sp³-hybridized carbons (Fsp3) is 0.803. The maximum Gasteiger partial charge on any atom is 0.361 e. The van der Waals surface area contributed by atoms with Crippen LogP contribution in [0.3, 0.4) is 0 Å². The number of carbonyl (C=O) groups excluding carboxylic acids is 2. The van der Waals surface area contributed by atoms with Crippen molar-refractivity contribution in [2.45, 2.75) is 347 Å². The summed E-state index contributed by atoms with van der Waals surface area (Å²) in [5.41, 5.74) is 0. The number of ether oxygens (including phenoxy) is 4. The number of quaternary nitrogens is 1. The molecule has 0 saturated heterocycles. The van der Waals surface area contributed by atoms with Crippen LogP contribution in [0.25, 0.3) is 0 Å². The van der Waals surface area contributed by atoms with Gasteiger partial charge in [-0.15, -0.1) is 0 Å². The van der Waals surface area contributed by atoms with Gasteiger partial charge in [0.2, 0.25) is 0 Å². The lowest BCUT2D eigenvalue weighted by molar-refractivity contribution is -0.870. The molecule has 9 nitrogen and oxygen atoms in total. The lowest BCUT2D eigenvalue weighted by Crippen LogP contribution is -2.40. The first kappa shape index (κ1) is 81.7. The number of carboxylic acids is 1. The van der Waals surface area contributed by atoms with Crippen LogP contribution in [0.4, 0.5) is 0 Å². The Morgan fingerprint density at radius 1 is 0.365 bits per heavy atom. The quantitative estimate of drug-likeness (QED) is 0.0211. The van der Waals surface area contributed by atoms with Gasteiger partial charge in [-0.3, -0.25) is 9.59 Å². The van der Waals surface area contributed by atoms with Gasteiger partial charge in [-0.2, -0.15) is 0 Å². The van der Waals surface area contributed by atoms with Crippen LogP contribution in [0.2, 0.25) is 0 Å². The van der Waals surface area contributed by atoms with E-state index >= 15 is 0 Å². The van der Waals surface area contributed by atoms with E-state index in [4.69, 9.17) is 18.9 Å². The number of rotatable bonds is 67. The minimum atomic E-state index is -1.51. The number of nitrogens with zero attached hydrogens (tertiary/aromatic N) is 1. The van der Waals surface area contributed by atoms with Gasteiger partial charge in [0.1, 0.15) is 13.2 Å². The zero-order valence-corrected chi connectivity index (χ0v) is 56.5. The predicted octanol–water partition coefficient (Wildman–Crippen LogP) is 22.5. The number of carboxylic acid groups (broad SMARTS) is 1. The van der Waals surface area contributed by atoms with E-state index < -0.39 is 18.4 Å². The number of aliphatic carboxylic acids is 1. The molecule has 0 heterocycles. The van der Waals surface area contributed by atoms with Gasteiger partial charge in [-0.1, -0.05) is 311 Å². The third-order valence-electron chi connectivity index (χ3n) is 15.9. The topological polar surface area (TPSA) is 108 Å². The van der Waals surface area contributed by atoms with E-state index in [1.165, 1.54) is 238 Å². The number of likely N-dealkylation sites (N-methyl/N-ethyl adjacent to an activating group) is 1. The van der Waals surface area contributed by atoms with Crippen LogP contribution in [0, 0.1) is 0 Å². The normalized spacial score (nSPS) is 13.1. The van der Waals surface area contributed by atoms with E-state index in [0.717, 1.165) is 70.6 Å². The van der Waals surface area contributed by atoms with Crippen LogP contribution < -0.4 is 0 Å². The third kappa shape index (κ3) is 68.1. The molecule has 85 heavy (non-hydrogen) atoms. The van der Waals surface area contributed by atoms with Gasteiger partial charge in [-0.25, -0.2) is 4.79 Å². The summed E-state index contributed by atoms with van der Waals surface area (Å²) >= 11 is 0. The lowest BCUT2D eigenvalue weighted by Gasteiger charge is -2.25. The summed E-state index contributed by atoms with van der Waals surface area (Å²) in [5, 5.41) is 9.75. The molecular formula is C76H138NO8+. The SMILES string of the molecule is CC/C=C\C/C=C\C/C=C\C/C=C\CCCCCCCCCCCCCCCCCCCCC(=O)OC(COC(=O)CCCCCCCCCCCCCCCCCCC/C=C\C/C=C\CCCCCCC)COC(OCC[N+](C)(C)C)C(=O)O. The average molecular weight is 1190 g/mol. The Balaban J connectivity index is 4.06. The molecule has 0 aliphatic carbocycles. The van der Waals surface area contributed by atoms with Gasteiger partial charge < -0.3 is 28.5 Å². The number of allylic oxidation sites excluding steroid dienone is 12. The first-order valence-electron chi connectivity index (χ1n) is 36.1. The first-order chi connectivity index (χ1) is 41.6. The van der Waals surface area contributed by atoms with Crippen molar-refractivity contribution in [3.8, 4) is 0 Å². The average Bonchev–Trinajstić information content (AvgIpc) is 3.49. The lowest BCUT2D eigenvalue weighted by atomic mass is 10.0. The number of unbranched alkanes of at least 4 members (excludes halogenated alkanes) is 40. The van der Waals surface area contributed by atoms with Crippen LogP contribution in [0.1, 0.15) is 335 Å². The summed E-state index contributed by atoms with van der Waals surface area (Å²) in [4.78, 5) is 37.7. The van der Waals surface area contributed by atoms with E-state index in [1.807, 2.05) is 21.1 Å². The minimum absolute atomic E-state index is 0.179. The zero-order chi connectivity index (χ0) is 61.9. The van der Waals surface area contributed by atoms with Gasteiger partial charge in [0.25, 0.3) is 6.29 Å². The van der Waals surface area contributed by atoms with E-state index in [0.29, 0.717) is 17.4 Å². The second-order valence-corrected chi connectivity index (χ2v) is 25.5. The fourth-order valence-electron chi connectivity index (χ4n) is 10.5. The first-order valence-corrected chi connectivity index (χ1v) is 36.1. The molecule has 494 valence electrons. The number of carbonyl (C=O) groups is 3. The van der Waals surface area contributed by atoms with Crippen molar-refractivity contribution >= 4 is 17.9 Å². The highest BCUT2D eigenvalue weighted by molar-refractivity contribution is 5.71. The highest BCUT2D eigenvalue weighted by Crippen LogP contribution is 2.18. The van der Waals surface area contributed by atoms with E-state index in [-0.39, 0.29) is 38.2 Å². The zero-order valence-electron chi connectivity index (χ0n) is 56.5. The van der Waals surface area contributed by atoms with Crippen LogP contribution in [-0.4, -0.2) is 87.4 Å². The molecule has 9 heteroatoms. The molecule has 0 aliphatic rings. The summed E-state index contributed by atoms with van der Waals surface area (Å²) in [5.74, 6) is -1.98. The molecule has 0 fully saturated rings. The van der Waals surface area contributed by atoms with Crippen molar-refractivity contribution in [2.75, 3.05) is 47.5 Å². The maximum atomic E-state index is 13.0. The molecule has 0 rings (SSSR count). The summed E-state index contributed by atoms with van der Waals surface area (Å²) < 4.78 is 23.0. The molecular weight excluding hydrogens is 1050 g/mol. The molecule has 0 aromatic heterocycles. The Kier molecular flexibility index (Phi) is 64.1. The van der Waals surface area contributed by atoms with Gasteiger partial charge in [0.05, 0.1) is 34.4 Å². The van der Waals surface area contributed by atoms with Crippen LogP contribution in [-0.2, 0) is 33.3 Å². The Labute approximate surface area is 526 Å². The molecule has 0 bridgehead atoms. The summed E-state index contributed by atoms with van der Waals surface area (Å²) in [7, 11) is 5.99. The Morgan fingerprint density at radius 2 is 0.671 bits per heavy atom. The molecule has 0 aromatic carbocycles. The smallest absolute Gasteiger partial charge is 0.361 e. The summed E-state index contributed by atoms with van der Waals surface area (Å²) in [6.45, 7) is 4.80. The molecule has 0 spiro atoms. The van der Waals surface area contributed by atoms with Crippen molar-refractivity contribution < 1.29 is 42.9 Å². The molecule has 0 aliphatic heterocycles. The van der Waals surface area contributed by atoms with Gasteiger partial charge in [0, 0.05) is 12.8 Å². The molecule has 0 saturated carbocycles. The Bertz CT molecular complexity index is 1620. The number of hydrogen-bond donors (Lipinski definition) is 1. The predicted molar refractivity (Wildman–Crippen MR) is 364 cm³/mol. The van der Waals surface area contributed by atoms with Crippen LogP contribution in [0.5, 0.6) is 0 Å². The molecule has 0 aromatic rings. The summed E-state index contributed by atoms with van der Waals surface area (Å²) in [6.07, 6.45) is 85.9. The largest absolute Gasteiger partial charge is 0.477 e. The monoisotopic (exact) mass is 1190 g/mol. The van der Waals surface area contributed by atoms with Crippen molar-refractivity contribution in [2.24, 2.45) is 0 Å². The van der Waals surface area contributed by atoms with E-state index in [2.05, 4.69) is 86.8 Å². The molecule has 0 amide bonds. The minimum Gasteiger partial charge on any atom is -0.477 e. The van der Waals surface area contributed by atoms with Crippen molar-refractivity contribution in [3.63, 3.8) is 0 Å². The van der Waals surface area contributed by atoms with Crippen molar-refractivity contribution in [1.82, 2.24) is 0 Å². The van der Waals surface area contributed by atoms with Gasteiger partial charge in [0.15, 0.2) is 6.10 Å². The molecule has 2 unspecified atom stereocenters. The number of hydrogen-bond acceptors (Lipinski definition) is 7. The van der Waals surface area contributed by atoms with Crippen molar-refractivity contribution in [3.05, 3.63) is 72.9 Å².